The van der Waals surface area contributed by atoms with Gasteiger partial charge in [-0.1, -0.05) is 20.8 Å². The van der Waals surface area contributed by atoms with Crippen molar-refractivity contribution in [1.82, 2.24) is 0 Å². The number of carbonyl (C=O) groups excluding carboxylic acids is 1. The third-order valence-corrected chi connectivity index (χ3v) is 4.74. The van der Waals surface area contributed by atoms with Crippen LogP contribution in [0.1, 0.15) is 34.1 Å². The average molecular weight is 202 g/mol. The molecule has 1 aliphatic heterocycles. The van der Waals surface area contributed by atoms with Crippen LogP contribution in [0.4, 0.5) is 0 Å². The third-order valence-electron chi connectivity index (χ3n) is 2.84. The Labute approximate surface area is 84.4 Å². The molecule has 0 aromatic carbocycles. The maximum atomic E-state index is 10.8. The van der Waals surface area contributed by atoms with Gasteiger partial charge in [-0.3, -0.25) is 4.79 Å². The maximum absolute atomic E-state index is 10.8. The zero-order chi connectivity index (χ0) is 10.0. The van der Waals surface area contributed by atoms with E-state index in [9.17, 15) is 4.79 Å². The number of esters is 1. The van der Waals surface area contributed by atoms with Gasteiger partial charge in [0, 0.05) is 18.1 Å². The third kappa shape index (κ3) is 2.39. The molecule has 0 aliphatic carbocycles. The van der Waals surface area contributed by atoms with Crippen LogP contribution in [0.5, 0.6) is 0 Å². The summed E-state index contributed by atoms with van der Waals surface area (Å²) in [5.74, 6) is 0.978. The average Bonchev–Trinajstić information content (AvgIpc) is 2.32. The number of thioether (sulfide) groups is 1. The molecule has 1 unspecified atom stereocenters. The smallest absolute Gasteiger partial charge is 0.303 e. The molecular formula is C10H18O2S. The van der Waals surface area contributed by atoms with Crippen molar-refractivity contribution in [2.24, 2.45) is 11.8 Å². The summed E-state index contributed by atoms with van der Waals surface area (Å²) in [6, 6.07) is 0. The topological polar surface area (TPSA) is 26.3 Å². The van der Waals surface area contributed by atoms with Crippen LogP contribution in [0.15, 0.2) is 0 Å². The van der Waals surface area contributed by atoms with Crippen molar-refractivity contribution in [3.63, 3.8) is 0 Å². The molecule has 1 fully saturated rings. The second-order valence-corrected chi connectivity index (χ2v) is 5.12. The highest BCUT2D eigenvalue weighted by Gasteiger charge is 2.39. The minimum Gasteiger partial charge on any atom is -0.451 e. The molecule has 0 aromatic heterocycles. The molecule has 0 saturated carbocycles. The molecule has 0 bridgehead atoms. The van der Waals surface area contributed by atoms with E-state index in [0.29, 0.717) is 17.1 Å². The van der Waals surface area contributed by atoms with Gasteiger partial charge in [0.1, 0.15) is 0 Å². The van der Waals surface area contributed by atoms with E-state index < -0.39 is 0 Å². The summed E-state index contributed by atoms with van der Waals surface area (Å²) in [5.41, 5.74) is 0.0810. The lowest BCUT2D eigenvalue weighted by molar-refractivity contribution is -0.144. The van der Waals surface area contributed by atoms with Crippen LogP contribution >= 0.6 is 11.8 Å². The molecule has 0 amide bonds. The van der Waals surface area contributed by atoms with Gasteiger partial charge >= 0.3 is 5.97 Å². The molecule has 1 heterocycles. The van der Waals surface area contributed by atoms with Crippen molar-refractivity contribution in [1.29, 1.82) is 0 Å². The van der Waals surface area contributed by atoms with Crippen LogP contribution in [0.3, 0.4) is 0 Å². The predicted octanol–water partition coefficient (Wildman–Crippen LogP) is 2.67. The Balaban J connectivity index is 2.55. The molecule has 2 nitrogen and oxygen atoms in total. The Morgan fingerprint density at radius 1 is 1.38 bits per heavy atom. The standard InChI is InChI=1S/C10H18O2S/c1-5-9-6(2)7(3)10(13-9)12-8(4)11/h6-7,9-10H,5H2,1-4H3/t6-,7+,9+,10?/m0/s1. The largest absolute Gasteiger partial charge is 0.451 e. The lowest BCUT2D eigenvalue weighted by atomic mass is 9.92. The van der Waals surface area contributed by atoms with Gasteiger partial charge in [0.05, 0.1) is 0 Å². The van der Waals surface area contributed by atoms with E-state index in [4.69, 9.17) is 4.74 Å². The van der Waals surface area contributed by atoms with E-state index in [0.717, 1.165) is 6.42 Å². The van der Waals surface area contributed by atoms with Crippen LogP contribution in [0, 0.1) is 11.8 Å². The number of hydrogen-bond acceptors (Lipinski definition) is 3. The molecule has 0 spiro atoms. The van der Waals surface area contributed by atoms with E-state index in [1.165, 1.54) is 6.92 Å². The summed E-state index contributed by atoms with van der Waals surface area (Å²) < 4.78 is 5.25. The van der Waals surface area contributed by atoms with E-state index in [1.54, 1.807) is 0 Å². The molecule has 1 rings (SSSR count). The van der Waals surface area contributed by atoms with Crippen LogP contribution in [0.25, 0.3) is 0 Å². The second-order valence-electron chi connectivity index (χ2n) is 3.78. The van der Waals surface area contributed by atoms with E-state index in [1.807, 2.05) is 11.8 Å². The predicted molar refractivity (Wildman–Crippen MR) is 55.6 cm³/mol. The number of carbonyl (C=O) groups is 1. The van der Waals surface area contributed by atoms with Gasteiger partial charge in [-0.25, -0.2) is 0 Å². The lowest BCUT2D eigenvalue weighted by Crippen LogP contribution is -2.19. The first kappa shape index (κ1) is 10.9. The molecule has 0 aromatic rings. The Kier molecular flexibility index (Phi) is 3.65. The zero-order valence-electron chi connectivity index (χ0n) is 8.74. The number of ether oxygens (including phenoxy) is 1. The minimum atomic E-state index is -0.159. The second kappa shape index (κ2) is 4.36. The number of rotatable bonds is 2. The normalized spacial score (nSPS) is 39.1. The SMILES string of the molecule is CC[C@H]1SC(OC(C)=O)[C@H](C)[C@@H]1C. The van der Waals surface area contributed by atoms with E-state index in [-0.39, 0.29) is 11.4 Å². The number of hydrogen-bond donors (Lipinski definition) is 0. The van der Waals surface area contributed by atoms with Gasteiger partial charge in [0.25, 0.3) is 0 Å². The fourth-order valence-corrected chi connectivity index (χ4v) is 3.49. The zero-order valence-corrected chi connectivity index (χ0v) is 9.56. The van der Waals surface area contributed by atoms with Crippen molar-refractivity contribution in [2.75, 3.05) is 0 Å². The van der Waals surface area contributed by atoms with Gasteiger partial charge < -0.3 is 4.74 Å². The highest BCUT2D eigenvalue weighted by molar-refractivity contribution is 8.00. The minimum absolute atomic E-state index is 0.0810. The van der Waals surface area contributed by atoms with Crippen LogP contribution in [-0.2, 0) is 9.53 Å². The summed E-state index contributed by atoms with van der Waals surface area (Å²) in [4.78, 5) is 10.8. The summed E-state index contributed by atoms with van der Waals surface area (Å²) in [7, 11) is 0. The summed E-state index contributed by atoms with van der Waals surface area (Å²) in [5, 5.41) is 0.652. The van der Waals surface area contributed by atoms with Crippen LogP contribution < -0.4 is 0 Å². The summed E-state index contributed by atoms with van der Waals surface area (Å²) >= 11 is 1.81. The maximum Gasteiger partial charge on any atom is 0.303 e. The van der Waals surface area contributed by atoms with Crippen LogP contribution in [0.2, 0.25) is 0 Å². The first-order valence-electron chi connectivity index (χ1n) is 4.89. The van der Waals surface area contributed by atoms with Gasteiger partial charge in [-0.15, -0.1) is 11.8 Å². The summed E-state index contributed by atoms with van der Waals surface area (Å²) in [6.07, 6.45) is 1.16. The van der Waals surface area contributed by atoms with Gasteiger partial charge in [0.15, 0.2) is 5.44 Å². The lowest BCUT2D eigenvalue weighted by Gasteiger charge is -2.16. The monoisotopic (exact) mass is 202 g/mol. The first-order chi connectivity index (χ1) is 6.06. The molecule has 4 atom stereocenters. The van der Waals surface area contributed by atoms with Gasteiger partial charge in [0.2, 0.25) is 0 Å². The molecule has 0 radical (unpaired) electrons. The molecule has 1 saturated heterocycles. The molecular weight excluding hydrogens is 184 g/mol. The molecule has 3 heteroatoms. The highest BCUT2D eigenvalue weighted by Crippen LogP contribution is 2.44. The Morgan fingerprint density at radius 2 is 2.00 bits per heavy atom. The Bertz CT molecular complexity index is 193. The van der Waals surface area contributed by atoms with Crippen molar-refractivity contribution >= 4 is 17.7 Å². The van der Waals surface area contributed by atoms with Crippen molar-refractivity contribution < 1.29 is 9.53 Å². The van der Waals surface area contributed by atoms with Gasteiger partial charge in [-0.05, 0) is 12.3 Å². The summed E-state index contributed by atoms with van der Waals surface area (Å²) in [6.45, 7) is 8.09. The fourth-order valence-electron chi connectivity index (χ4n) is 1.77. The van der Waals surface area contributed by atoms with Crippen molar-refractivity contribution in [3.05, 3.63) is 0 Å². The first-order valence-corrected chi connectivity index (χ1v) is 5.83. The van der Waals surface area contributed by atoms with Crippen LogP contribution in [-0.4, -0.2) is 16.7 Å². The fraction of sp³-hybridized carbons (Fsp3) is 0.900. The highest BCUT2D eigenvalue weighted by atomic mass is 32.2. The molecule has 13 heavy (non-hydrogen) atoms. The van der Waals surface area contributed by atoms with Crippen molar-refractivity contribution in [2.45, 2.75) is 44.8 Å². The van der Waals surface area contributed by atoms with E-state index in [2.05, 4.69) is 20.8 Å². The molecule has 1 aliphatic rings. The molecule has 0 N–H and O–H groups in total. The Morgan fingerprint density at radius 3 is 2.38 bits per heavy atom. The molecule has 76 valence electrons. The van der Waals surface area contributed by atoms with Gasteiger partial charge in [-0.2, -0.15) is 0 Å². The van der Waals surface area contributed by atoms with Crippen molar-refractivity contribution in [3.8, 4) is 0 Å². The Hall–Kier alpha value is -0.180. The quantitative estimate of drug-likeness (QED) is 0.644. The van der Waals surface area contributed by atoms with E-state index >= 15 is 0 Å².